The van der Waals surface area contributed by atoms with E-state index in [-0.39, 0.29) is 0 Å². The molecule has 66 valence electrons. The Kier molecular flexibility index (Phi) is 1.81. The van der Waals surface area contributed by atoms with E-state index in [0.29, 0.717) is 21.7 Å². The van der Waals surface area contributed by atoms with Crippen molar-refractivity contribution in [2.24, 2.45) is 0 Å². The van der Waals surface area contributed by atoms with Crippen LogP contribution in [-0.4, -0.2) is 4.98 Å². The van der Waals surface area contributed by atoms with Crippen molar-refractivity contribution in [3.8, 4) is 0 Å². The zero-order chi connectivity index (χ0) is 9.42. The van der Waals surface area contributed by atoms with Gasteiger partial charge in [-0.05, 0) is 18.2 Å². The molecular formula is C9H6ClFN2. The van der Waals surface area contributed by atoms with Gasteiger partial charge >= 0.3 is 0 Å². The summed E-state index contributed by atoms with van der Waals surface area (Å²) in [5.74, 6) is -0.403. The second-order valence-electron chi connectivity index (χ2n) is 2.70. The normalized spacial score (nSPS) is 10.6. The maximum Gasteiger partial charge on any atom is 0.129 e. The molecule has 13 heavy (non-hydrogen) atoms. The number of nitrogen functional groups attached to an aromatic ring is 1. The molecule has 0 saturated carbocycles. The van der Waals surface area contributed by atoms with Gasteiger partial charge in [-0.2, -0.15) is 0 Å². The average molecular weight is 197 g/mol. The van der Waals surface area contributed by atoms with Crippen molar-refractivity contribution >= 4 is 28.2 Å². The molecule has 0 bridgehead atoms. The minimum atomic E-state index is -0.403. The first-order valence-corrected chi connectivity index (χ1v) is 4.06. The maximum atomic E-state index is 12.9. The Morgan fingerprint density at radius 3 is 2.85 bits per heavy atom. The Hall–Kier alpha value is -1.35. The summed E-state index contributed by atoms with van der Waals surface area (Å²) in [6.07, 6.45) is 0. The van der Waals surface area contributed by atoms with E-state index in [9.17, 15) is 4.39 Å². The lowest BCUT2D eigenvalue weighted by Gasteiger charge is -2.01. The minimum absolute atomic E-state index is 0.331. The number of halogens is 2. The van der Waals surface area contributed by atoms with Crippen LogP contribution in [0, 0.1) is 5.82 Å². The summed E-state index contributed by atoms with van der Waals surface area (Å²) in [7, 11) is 0. The van der Waals surface area contributed by atoms with Crippen molar-refractivity contribution in [2.45, 2.75) is 0 Å². The molecule has 0 aliphatic rings. The second kappa shape index (κ2) is 2.85. The van der Waals surface area contributed by atoms with Crippen molar-refractivity contribution in [3.05, 3.63) is 35.2 Å². The molecule has 0 atom stereocenters. The van der Waals surface area contributed by atoms with E-state index in [1.165, 1.54) is 12.1 Å². The molecule has 0 fully saturated rings. The van der Waals surface area contributed by atoms with Gasteiger partial charge in [-0.3, -0.25) is 0 Å². The largest absolute Gasteiger partial charge is 0.398 e. The Labute approximate surface area is 79.1 Å². The second-order valence-corrected chi connectivity index (χ2v) is 3.08. The highest BCUT2D eigenvalue weighted by atomic mass is 35.5. The highest BCUT2D eigenvalue weighted by molar-refractivity contribution is 6.29. The number of fused-ring (bicyclic) bond motifs is 1. The fraction of sp³-hybridized carbons (Fsp3) is 0. The van der Waals surface area contributed by atoms with Crippen LogP contribution in [0.25, 0.3) is 10.9 Å². The Morgan fingerprint density at radius 2 is 2.08 bits per heavy atom. The molecule has 0 radical (unpaired) electrons. The van der Waals surface area contributed by atoms with Crippen LogP contribution < -0.4 is 5.73 Å². The summed E-state index contributed by atoms with van der Waals surface area (Å²) < 4.78 is 12.9. The zero-order valence-corrected chi connectivity index (χ0v) is 7.35. The summed E-state index contributed by atoms with van der Waals surface area (Å²) in [5, 5.41) is 1.04. The lowest BCUT2D eigenvalue weighted by atomic mass is 10.2. The van der Waals surface area contributed by atoms with Gasteiger partial charge in [0.1, 0.15) is 11.0 Å². The quantitative estimate of drug-likeness (QED) is 0.520. The van der Waals surface area contributed by atoms with Crippen LogP contribution in [0.3, 0.4) is 0 Å². The molecule has 2 aromatic rings. The zero-order valence-electron chi connectivity index (χ0n) is 6.59. The maximum absolute atomic E-state index is 12.9. The lowest BCUT2D eigenvalue weighted by molar-refractivity contribution is 0.630. The third-order valence-corrected chi connectivity index (χ3v) is 1.98. The van der Waals surface area contributed by atoms with Gasteiger partial charge in [0.25, 0.3) is 0 Å². The molecule has 0 spiro atoms. The fourth-order valence-electron chi connectivity index (χ4n) is 1.20. The van der Waals surface area contributed by atoms with Crippen LogP contribution in [0.1, 0.15) is 0 Å². The molecule has 1 aromatic carbocycles. The molecule has 0 amide bonds. The molecule has 0 aliphatic heterocycles. The molecule has 0 unspecified atom stereocenters. The van der Waals surface area contributed by atoms with E-state index in [1.54, 1.807) is 12.1 Å². The standard InChI is InChI=1S/C9H6ClFN2/c10-9-2-1-6-7(12)3-5(11)4-8(6)13-9/h1-4H,12H2. The first-order valence-electron chi connectivity index (χ1n) is 3.68. The third kappa shape index (κ3) is 1.42. The van der Waals surface area contributed by atoms with Crippen molar-refractivity contribution in [1.29, 1.82) is 0 Å². The lowest BCUT2D eigenvalue weighted by Crippen LogP contribution is -1.90. The van der Waals surface area contributed by atoms with E-state index in [1.807, 2.05) is 0 Å². The van der Waals surface area contributed by atoms with Gasteiger partial charge in [-0.15, -0.1) is 0 Å². The first kappa shape index (κ1) is 8.26. The van der Waals surface area contributed by atoms with Crippen LogP contribution in [0.5, 0.6) is 0 Å². The van der Waals surface area contributed by atoms with Gasteiger partial charge < -0.3 is 5.73 Å². The van der Waals surface area contributed by atoms with Crippen molar-refractivity contribution < 1.29 is 4.39 Å². The number of nitrogens with two attached hydrogens (primary N) is 1. The Balaban J connectivity index is 2.86. The summed E-state index contributed by atoms with van der Waals surface area (Å²) in [6, 6.07) is 5.91. The minimum Gasteiger partial charge on any atom is -0.398 e. The SMILES string of the molecule is Nc1cc(F)cc2nc(Cl)ccc12. The van der Waals surface area contributed by atoms with Crippen LogP contribution >= 0.6 is 11.6 Å². The molecule has 0 aliphatic carbocycles. The highest BCUT2D eigenvalue weighted by Crippen LogP contribution is 2.22. The third-order valence-electron chi connectivity index (χ3n) is 1.77. The molecule has 1 heterocycles. The fourth-order valence-corrected chi connectivity index (χ4v) is 1.36. The number of rotatable bonds is 0. The number of aromatic nitrogens is 1. The summed E-state index contributed by atoms with van der Waals surface area (Å²) >= 11 is 5.65. The van der Waals surface area contributed by atoms with Crippen molar-refractivity contribution in [1.82, 2.24) is 4.98 Å². The van der Waals surface area contributed by atoms with Gasteiger partial charge in [-0.1, -0.05) is 11.6 Å². The van der Waals surface area contributed by atoms with Crippen molar-refractivity contribution in [2.75, 3.05) is 5.73 Å². The van der Waals surface area contributed by atoms with Crippen LogP contribution in [-0.2, 0) is 0 Å². The highest BCUT2D eigenvalue weighted by Gasteiger charge is 2.02. The number of hydrogen-bond donors (Lipinski definition) is 1. The Morgan fingerprint density at radius 1 is 1.31 bits per heavy atom. The van der Waals surface area contributed by atoms with Gasteiger partial charge in [0.2, 0.25) is 0 Å². The van der Waals surface area contributed by atoms with E-state index in [4.69, 9.17) is 17.3 Å². The summed E-state index contributed by atoms with van der Waals surface area (Å²) in [6.45, 7) is 0. The van der Waals surface area contributed by atoms with E-state index in [2.05, 4.69) is 4.98 Å². The smallest absolute Gasteiger partial charge is 0.129 e. The molecule has 0 saturated heterocycles. The van der Waals surface area contributed by atoms with Gasteiger partial charge in [-0.25, -0.2) is 9.37 Å². The predicted molar refractivity (Wildman–Crippen MR) is 51.1 cm³/mol. The van der Waals surface area contributed by atoms with Gasteiger partial charge in [0.15, 0.2) is 0 Å². The topological polar surface area (TPSA) is 38.9 Å². The monoisotopic (exact) mass is 196 g/mol. The number of benzene rings is 1. The van der Waals surface area contributed by atoms with Crippen LogP contribution in [0.2, 0.25) is 5.15 Å². The van der Waals surface area contributed by atoms with Crippen LogP contribution in [0.15, 0.2) is 24.3 Å². The summed E-state index contributed by atoms with van der Waals surface area (Å²) in [4.78, 5) is 3.94. The molecule has 4 heteroatoms. The number of anilines is 1. The molecular weight excluding hydrogens is 191 g/mol. The first-order chi connectivity index (χ1) is 6.16. The van der Waals surface area contributed by atoms with Crippen molar-refractivity contribution in [3.63, 3.8) is 0 Å². The predicted octanol–water partition coefficient (Wildman–Crippen LogP) is 2.61. The van der Waals surface area contributed by atoms with Crippen LogP contribution in [0.4, 0.5) is 10.1 Å². The summed E-state index contributed by atoms with van der Waals surface area (Å²) in [5.41, 5.74) is 6.44. The van der Waals surface area contributed by atoms with E-state index >= 15 is 0 Å². The van der Waals surface area contributed by atoms with Gasteiger partial charge in [0.05, 0.1) is 5.52 Å². The average Bonchev–Trinajstić information content (AvgIpc) is 2.02. The Bertz CT molecular complexity index is 465. The van der Waals surface area contributed by atoms with Gasteiger partial charge in [0, 0.05) is 17.1 Å². The van der Waals surface area contributed by atoms with E-state index in [0.717, 1.165) is 0 Å². The molecule has 2 N–H and O–H groups in total. The van der Waals surface area contributed by atoms with E-state index < -0.39 is 5.82 Å². The molecule has 2 rings (SSSR count). The number of hydrogen-bond acceptors (Lipinski definition) is 2. The number of nitrogens with zero attached hydrogens (tertiary/aromatic N) is 1. The number of pyridine rings is 1. The molecule has 1 aromatic heterocycles. The molecule has 2 nitrogen and oxygen atoms in total.